The van der Waals surface area contributed by atoms with Crippen molar-refractivity contribution < 1.29 is 14.2 Å². The third kappa shape index (κ3) is 1.86. The first-order valence-corrected chi connectivity index (χ1v) is 6.45. The van der Waals surface area contributed by atoms with Gasteiger partial charge in [0.2, 0.25) is 0 Å². The molecule has 0 fully saturated rings. The fourth-order valence-electron chi connectivity index (χ4n) is 1.90. The molecule has 3 aromatic rings. The number of benzene rings is 1. The van der Waals surface area contributed by atoms with Crippen LogP contribution in [0.5, 0.6) is 11.6 Å². The minimum Gasteiger partial charge on any atom is -0.842 e. The van der Waals surface area contributed by atoms with E-state index in [-0.39, 0.29) is 11.4 Å². The molecule has 0 aliphatic carbocycles. The van der Waals surface area contributed by atoms with Crippen LogP contribution in [0, 0.1) is 0 Å². The van der Waals surface area contributed by atoms with E-state index in [1.807, 2.05) is 0 Å². The Balaban J connectivity index is 2.29. The highest BCUT2D eigenvalue weighted by molar-refractivity contribution is 7.14. The molecule has 0 amide bonds. The molecule has 0 saturated heterocycles. The summed E-state index contributed by atoms with van der Waals surface area (Å²) in [6, 6.07) is 8.20. The SMILES string of the molecule is COc1ccc(-n2c(=O)cc([O-])[n+]3ccsc23)cc1. The molecule has 0 unspecified atom stereocenters. The maximum absolute atomic E-state index is 12.0. The number of fused-ring (bicyclic) bond motifs is 1. The van der Waals surface area contributed by atoms with E-state index < -0.39 is 0 Å². The second-order valence-corrected chi connectivity index (χ2v) is 4.78. The number of hydrogen-bond acceptors (Lipinski definition) is 4. The molecular formula is C13H10N2O3S. The predicted octanol–water partition coefficient (Wildman–Crippen LogP) is 0.720. The standard InChI is InChI=1S/C13H10N2O3S/c1-18-10-4-2-9(3-5-10)15-12(17)8-11(16)14-6-7-19-13(14)15/h2-8H,1H3. The topological polar surface area (TPSA) is 58.4 Å². The van der Waals surface area contributed by atoms with E-state index in [1.165, 1.54) is 20.3 Å². The Hall–Kier alpha value is -2.34. The van der Waals surface area contributed by atoms with Gasteiger partial charge in [-0.3, -0.25) is 0 Å². The third-order valence-corrected chi connectivity index (χ3v) is 3.66. The molecule has 3 rings (SSSR count). The number of rotatable bonds is 2. The summed E-state index contributed by atoms with van der Waals surface area (Å²) >= 11 is 1.34. The molecule has 19 heavy (non-hydrogen) atoms. The monoisotopic (exact) mass is 274 g/mol. The fraction of sp³-hybridized carbons (Fsp3) is 0.0769. The van der Waals surface area contributed by atoms with Gasteiger partial charge in [-0.25, -0.2) is 9.20 Å². The van der Waals surface area contributed by atoms with Gasteiger partial charge < -0.3 is 9.84 Å². The summed E-state index contributed by atoms with van der Waals surface area (Å²) in [4.78, 5) is 12.6. The lowest BCUT2D eigenvalue weighted by Gasteiger charge is -2.06. The molecule has 0 radical (unpaired) electrons. The summed E-state index contributed by atoms with van der Waals surface area (Å²) in [7, 11) is 1.58. The van der Waals surface area contributed by atoms with Gasteiger partial charge in [0.15, 0.2) is 0 Å². The highest BCUT2D eigenvalue weighted by Gasteiger charge is 2.16. The van der Waals surface area contributed by atoms with E-state index in [4.69, 9.17) is 4.74 Å². The summed E-state index contributed by atoms with van der Waals surface area (Å²) in [5.41, 5.74) is 0.364. The van der Waals surface area contributed by atoms with Gasteiger partial charge in [-0.2, -0.15) is 0 Å². The number of ether oxygens (including phenoxy) is 1. The van der Waals surface area contributed by atoms with Crippen molar-refractivity contribution in [3.63, 3.8) is 0 Å². The molecule has 6 heteroatoms. The van der Waals surface area contributed by atoms with Crippen LogP contribution in [0.1, 0.15) is 0 Å². The average molecular weight is 274 g/mol. The maximum atomic E-state index is 12.0. The summed E-state index contributed by atoms with van der Waals surface area (Å²) in [6.07, 6.45) is 1.65. The van der Waals surface area contributed by atoms with Gasteiger partial charge in [-0.1, -0.05) is 11.3 Å². The van der Waals surface area contributed by atoms with E-state index in [2.05, 4.69) is 0 Å². The summed E-state index contributed by atoms with van der Waals surface area (Å²) in [5, 5.41) is 13.5. The smallest absolute Gasteiger partial charge is 0.353 e. The van der Waals surface area contributed by atoms with Crippen LogP contribution in [-0.2, 0) is 0 Å². The first-order valence-electron chi connectivity index (χ1n) is 5.57. The lowest BCUT2D eigenvalue weighted by atomic mass is 10.3. The number of aromatic nitrogens is 2. The Morgan fingerprint density at radius 3 is 2.74 bits per heavy atom. The largest absolute Gasteiger partial charge is 0.842 e. The Kier molecular flexibility index (Phi) is 2.72. The molecule has 5 nitrogen and oxygen atoms in total. The predicted molar refractivity (Wildman–Crippen MR) is 69.1 cm³/mol. The summed E-state index contributed by atoms with van der Waals surface area (Å²) < 4.78 is 8.05. The zero-order valence-electron chi connectivity index (χ0n) is 10.1. The van der Waals surface area contributed by atoms with Crippen LogP contribution in [0.15, 0.2) is 46.7 Å². The molecule has 2 heterocycles. The number of thiazole rings is 1. The first-order chi connectivity index (χ1) is 9.20. The second-order valence-electron chi connectivity index (χ2n) is 3.91. The Labute approximate surface area is 112 Å². The third-order valence-electron chi connectivity index (χ3n) is 2.82. The Bertz CT molecular complexity index is 790. The van der Waals surface area contributed by atoms with Crippen LogP contribution in [-0.4, -0.2) is 11.7 Å². The Morgan fingerprint density at radius 2 is 2.05 bits per heavy atom. The molecule has 0 aliphatic rings. The quantitative estimate of drug-likeness (QED) is 0.647. The van der Waals surface area contributed by atoms with Crippen LogP contribution in [0.3, 0.4) is 0 Å². The summed E-state index contributed by atoms with van der Waals surface area (Å²) in [6.45, 7) is 0. The van der Waals surface area contributed by atoms with Crippen LogP contribution < -0.4 is 19.8 Å². The van der Waals surface area contributed by atoms with Gasteiger partial charge in [0, 0.05) is 5.38 Å². The maximum Gasteiger partial charge on any atom is 0.353 e. The summed E-state index contributed by atoms with van der Waals surface area (Å²) in [5.74, 6) is 0.401. The van der Waals surface area contributed by atoms with Gasteiger partial charge in [0.25, 0.3) is 0 Å². The molecule has 0 aliphatic heterocycles. The lowest BCUT2D eigenvalue weighted by molar-refractivity contribution is -0.584. The van der Waals surface area contributed by atoms with Crippen molar-refractivity contribution in [2.75, 3.05) is 7.11 Å². The minimum absolute atomic E-state index is 0.314. The minimum atomic E-state index is -0.336. The lowest BCUT2D eigenvalue weighted by Crippen LogP contribution is -2.33. The van der Waals surface area contributed by atoms with Crippen LogP contribution in [0.2, 0.25) is 0 Å². The average Bonchev–Trinajstić information content (AvgIpc) is 2.89. The van der Waals surface area contributed by atoms with Crippen molar-refractivity contribution in [2.24, 2.45) is 0 Å². The molecular weight excluding hydrogens is 264 g/mol. The van der Waals surface area contributed by atoms with E-state index in [1.54, 1.807) is 43.0 Å². The number of nitrogens with zero attached hydrogens (tertiary/aromatic N) is 2. The van der Waals surface area contributed by atoms with E-state index in [0.29, 0.717) is 16.4 Å². The van der Waals surface area contributed by atoms with Crippen molar-refractivity contribution in [1.29, 1.82) is 0 Å². The van der Waals surface area contributed by atoms with Gasteiger partial charge in [0.1, 0.15) is 17.6 Å². The van der Waals surface area contributed by atoms with Crippen molar-refractivity contribution in [2.45, 2.75) is 0 Å². The van der Waals surface area contributed by atoms with Gasteiger partial charge >= 0.3 is 10.5 Å². The highest BCUT2D eigenvalue weighted by Crippen LogP contribution is 2.16. The van der Waals surface area contributed by atoms with Crippen LogP contribution >= 0.6 is 11.3 Å². The van der Waals surface area contributed by atoms with Gasteiger partial charge in [0.05, 0.1) is 19.1 Å². The molecule has 0 spiro atoms. The fourth-order valence-corrected chi connectivity index (χ4v) is 2.77. The second kappa shape index (κ2) is 4.40. The molecule has 0 saturated carbocycles. The van der Waals surface area contributed by atoms with Crippen molar-refractivity contribution in [3.05, 3.63) is 52.3 Å². The molecule has 1 aromatic carbocycles. The molecule has 96 valence electrons. The van der Waals surface area contributed by atoms with Crippen molar-refractivity contribution in [1.82, 2.24) is 4.57 Å². The van der Waals surface area contributed by atoms with E-state index in [0.717, 1.165) is 6.07 Å². The molecule has 0 bridgehead atoms. The van der Waals surface area contributed by atoms with Crippen molar-refractivity contribution >= 4 is 16.3 Å². The zero-order valence-corrected chi connectivity index (χ0v) is 10.9. The number of hydrogen-bond donors (Lipinski definition) is 0. The number of methoxy groups -OCH3 is 1. The molecule has 2 aromatic heterocycles. The van der Waals surface area contributed by atoms with Gasteiger partial charge in [-0.15, -0.1) is 4.57 Å². The van der Waals surface area contributed by atoms with E-state index >= 15 is 0 Å². The van der Waals surface area contributed by atoms with Crippen LogP contribution in [0.4, 0.5) is 0 Å². The normalized spacial score (nSPS) is 10.8. The first kappa shape index (κ1) is 11.7. The highest BCUT2D eigenvalue weighted by atomic mass is 32.1. The Morgan fingerprint density at radius 1 is 1.32 bits per heavy atom. The molecule has 0 atom stereocenters. The van der Waals surface area contributed by atoms with Gasteiger partial charge in [-0.05, 0) is 24.3 Å². The molecule has 0 N–H and O–H groups in total. The zero-order chi connectivity index (χ0) is 13.4. The van der Waals surface area contributed by atoms with Crippen LogP contribution in [0.25, 0.3) is 10.6 Å². The van der Waals surface area contributed by atoms with E-state index in [9.17, 15) is 9.90 Å². The van der Waals surface area contributed by atoms with Crippen molar-refractivity contribution in [3.8, 4) is 17.3 Å².